The average Bonchev–Trinajstić information content (AvgIpc) is 2.92. The maximum Gasteiger partial charge on any atom is 0.249 e. The van der Waals surface area contributed by atoms with Crippen LogP contribution in [0.2, 0.25) is 0 Å². The van der Waals surface area contributed by atoms with Crippen LogP contribution in [0.5, 0.6) is 0 Å². The van der Waals surface area contributed by atoms with Crippen molar-refractivity contribution in [3.63, 3.8) is 0 Å². The third kappa shape index (κ3) is 23.4. The van der Waals surface area contributed by atoms with E-state index in [2.05, 4.69) is 49.5 Å². The Balaban J connectivity index is 3.96. The molecule has 38 heavy (non-hydrogen) atoms. The summed E-state index contributed by atoms with van der Waals surface area (Å²) < 4.78 is 0. The molecule has 0 saturated carbocycles. The highest BCUT2D eigenvalue weighted by Gasteiger charge is 2.22. The van der Waals surface area contributed by atoms with Crippen LogP contribution >= 0.6 is 0 Å². The van der Waals surface area contributed by atoms with Crippen LogP contribution in [-0.4, -0.2) is 46.1 Å². The van der Waals surface area contributed by atoms with Crippen molar-refractivity contribution in [3.05, 3.63) is 48.6 Å². The molecule has 0 aliphatic carbocycles. The number of unbranched alkanes of at least 4 members (excludes halogenated alkanes) is 12. The Hall–Kier alpha value is -1.69. The van der Waals surface area contributed by atoms with Gasteiger partial charge in [0.25, 0.3) is 0 Å². The fourth-order valence-corrected chi connectivity index (χ4v) is 4.10. The summed E-state index contributed by atoms with van der Waals surface area (Å²) in [5, 5.41) is 32.6. The van der Waals surface area contributed by atoms with Gasteiger partial charge in [-0.25, -0.2) is 0 Å². The first-order valence-electron chi connectivity index (χ1n) is 15.5. The number of carbonyl (C=O) groups excluding carboxylic acids is 1. The van der Waals surface area contributed by atoms with Gasteiger partial charge >= 0.3 is 0 Å². The van der Waals surface area contributed by atoms with E-state index < -0.39 is 30.8 Å². The summed E-state index contributed by atoms with van der Waals surface area (Å²) in [6, 6.07) is -0.832. The molecule has 0 saturated heterocycles. The summed E-state index contributed by atoms with van der Waals surface area (Å²) in [7, 11) is 0. The smallest absolute Gasteiger partial charge is 0.249 e. The zero-order valence-electron chi connectivity index (χ0n) is 24.5. The number of carbonyl (C=O) groups is 1. The largest absolute Gasteiger partial charge is 0.394 e. The molecule has 5 heteroatoms. The number of rotatable bonds is 26. The summed E-state index contributed by atoms with van der Waals surface area (Å²) in [4.78, 5) is 12.2. The van der Waals surface area contributed by atoms with Gasteiger partial charge in [0.2, 0.25) is 5.91 Å². The number of amides is 1. The van der Waals surface area contributed by atoms with Gasteiger partial charge in [-0.15, -0.1) is 0 Å². The number of aliphatic hydroxyl groups excluding tert-OH is 3. The van der Waals surface area contributed by atoms with E-state index in [0.29, 0.717) is 12.8 Å². The van der Waals surface area contributed by atoms with Crippen molar-refractivity contribution in [2.45, 2.75) is 148 Å². The summed E-state index contributed by atoms with van der Waals surface area (Å²) in [5.74, 6) is -0.559. The van der Waals surface area contributed by atoms with Gasteiger partial charge in [0.05, 0.1) is 18.8 Å². The molecule has 0 heterocycles. The van der Waals surface area contributed by atoms with Crippen molar-refractivity contribution in [1.82, 2.24) is 5.32 Å². The van der Waals surface area contributed by atoms with Crippen molar-refractivity contribution in [3.8, 4) is 0 Å². The quantitative estimate of drug-likeness (QED) is 0.0686. The van der Waals surface area contributed by atoms with Crippen LogP contribution in [0, 0.1) is 0 Å². The molecule has 0 aliphatic rings. The Labute approximate surface area is 234 Å². The fraction of sp³-hybridized carbons (Fsp3) is 0.727. The van der Waals surface area contributed by atoms with Crippen molar-refractivity contribution >= 4 is 5.91 Å². The van der Waals surface area contributed by atoms with Crippen LogP contribution in [0.3, 0.4) is 0 Å². The Morgan fingerprint density at radius 2 is 1.08 bits per heavy atom. The predicted octanol–water partition coefficient (Wildman–Crippen LogP) is 7.47. The van der Waals surface area contributed by atoms with Crippen LogP contribution in [0.15, 0.2) is 48.6 Å². The molecule has 0 aliphatic heterocycles. The summed E-state index contributed by atoms with van der Waals surface area (Å²) in [6.45, 7) is 4.05. The van der Waals surface area contributed by atoms with Gasteiger partial charge in [0.15, 0.2) is 0 Å². The first kappa shape index (κ1) is 36.3. The highest BCUT2D eigenvalue weighted by molar-refractivity contribution is 5.80. The second-order valence-corrected chi connectivity index (χ2v) is 10.3. The molecule has 0 spiro atoms. The van der Waals surface area contributed by atoms with Gasteiger partial charge in [-0.05, 0) is 64.2 Å². The molecule has 1 amide bonds. The normalized spacial score (nSPS) is 14.8. The van der Waals surface area contributed by atoms with Crippen LogP contribution in [0.25, 0.3) is 0 Å². The van der Waals surface area contributed by atoms with Crippen molar-refractivity contribution in [2.75, 3.05) is 6.61 Å². The fourth-order valence-electron chi connectivity index (χ4n) is 4.10. The highest BCUT2D eigenvalue weighted by Crippen LogP contribution is 2.08. The first-order chi connectivity index (χ1) is 18.6. The summed E-state index contributed by atoms with van der Waals surface area (Å²) in [6.07, 6.45) is 34.2. The maximum absolute atomic E-state index is 12.2. The molecule has 3 atom stereocenters. The van der Waals surface area contributed by atoms with Gasteiger partial charge in [-0.2, -0.15) is 0 Å². The molecular formula is C33H59NO4. The van der Waals surface area contributed by atoms with Crippen LogP contribution in [0.1, 0.15) is 129 Å². The number of hydrogen-bond donors (Lipinski definition) is 4. The lowest BCUT2D eigenvalue weighted by Gasteiger charge is -2.21. The SMILES string of the molecule is CCCCCC/C=C\CCC(O)C(=O)NC(CO)C(O)/C=C/CC/C=C/CC/C=C/CCCCCCCC. The molecule has 0 rings (SSSR count). The van der Waals surface area contributed by atoms with Gasteiger partial charge in [0.1, 0.15) is 6.10 Å². The predicted molar refractivity (Wildman–Crippen MR) is 162 cm³/mol. The molecule has 0 radical (unpaired) electrons. The second kappa shape index (κ2) is 28.3. The van der Waals surface area contributed by atoms with E-state index in [4.69, 9.17) is 0 Å². The Kier molecular flexibility index (Phi) is 27.1. The van der Waals surface area contributed by atoms with E-state index in [1.165, 1.54) is 70.6 Å². The van der Waals surface area contributed by atoms with Crippen LogP contribution in [-0.2, 0) is 4.79 Å². The molecule has 0 fully saturated rings. The van der Waals surface area contributed by atoms with Crippen molar-refractivity contribution in [1.29, 1.82) is 0 Å². The molecule has 0 aromatic heterocycles. The van der Waals surface area contributed by atoms with E-state index in [9.17, 15) is 20.1 Å². The second-order valence-electron chi connectivity index (χ2n) is 10.3. The number of hydrogen-bond acceptors (Lipinski definition) is 4. The molecule has 0 bridgehead atoms. The first-order valence-corrected chi connectivity index (χ1v) is 15.5. The Bertz CT molecular complexity index is 641. The van der Waals surface area contributed by atoms with Crippen LogP contribution < -0.4 is 5.32 Å². The molecule has 0 aromatic rings. The lowest BCUT2D eigenvalue weighted by Crippen LogP contribution is -2.48. The molecule has 220 valence electrons. The number of aliphatic hydroxyl groups is 3. The van der Waals surface area contributed by atoms with E-state index in [1.807, 2.05) is 12.2 Å². The lowest BCUT2D eigenvalue weighted by molar-refractivity contribution is -0.131. The molecule has 5 nitrogen and oxygen atoms in total. The molecule has 4 N–H and O–H groups in total. The van der Waals surface area contributed by atoms with Gasteiger partial charge in [0, 0.05) is 0 Å². The lowest BCUT2D eigenvalue weighted by atomic mass is 10.1. The summed E-state index contributed by atoms with van der Waals surface area (Å²) in [5.41, 5.74) is 0. The van der Waals surface area contributed by atoms with Gasteiger partial charge in [-0.3, -0.25) is 4.79 Å². The molecular weight excluding hydrogens is 474 g/mol. The standard InChI is InChI=1S/C33H59NO4/c1-3-5-7-9-11-13-14-15-16-17-18-19-20-22-23-25-27-31(36)30(29-35)34-33(38)32(37)28-26-24-21-12-10-8-6-4-2/h15-16,19-21,24-25,27,30-32,35-37H,3-14,17-18,22-23,26,28-29H2,1-2H3,(H,34,38)/b16-15+,20-19+,24-21-,27-25+. The minimum absolute atomic E-state index is 0.322. The Morgan fingerprint density at radius 1 is 0.632 bits per heavy atom. The third-order valence-corrected chi connectivity index (χ3v) is 6.63. The van der Waals surface area contributed by atoms with Crippen LogP contribution in [0.4, 0.5) is 0 Å². The zero-order chi connectivity index (χ0) is 28.1. The highest BCUT2D eigenvalue weighted by atomic mass is 16.3. The third-order valence-electron chi connectivity index (χ3n) is 6.63. The minimum Gasteiger partial charge on any atom is -0.394 e. The number of nitrogens with one attached hydrogen (secondary N) is 1. The van der Waals surface area contributed by atoms with Crippen molar-refractivity contribution < 1.29 is 20.1 Å². The maximum atomic E-state index is 12.2. The zero-order valence-corrected chi connectivity index (χ0v) is 24.5. The minimum atomic E-state index is -1.15. The molecule has 3 unspecified atom stereocenters. The van der Waals surface area contributed by atoms with E-state index >= 15 is 0 Å². The summed E-state index contributed by atoms with van der Waals surface area (Å²) >= 11 is 0. The van der Waals surface area contributed by atoms with Gasteiger partial charge in [-0.1, -0.05) is 114 Å². The Morgan fingerprint density at radius 3 is 1.63 bits per heavy atom. The molecule has 0 aromatic carbocycles. The van der Waals surface area contributed by atoms with Gasteiger partial charge < -0.3 is 20.6 Å². The monoisotopic (exact) mass is 533 g/mol. The average molecular weight is 534 g/mol. The van der Waals surface area contributed by atoms with E-state index in [0.717, 1.165) is 32.1 Å². The van der Waals surface area contributed by atoms with E-state index in [-0.39, 0.29) is 0 Å². The number of allylic oxidation sites excluding steroid dienone is 7. The topological polar surface area (TPSA) is 89.8 Å². The van der Waals surface area contributed by atoms with E-state index in [1.54, 1.807) is 6.08 Å². The van der Waals surface area contributed by atoms with Crippen molar-refractivity contribution in [2.24, 2.45) is 0 Å².